The highest BCUT2D eigenvalue weighted by Crippen LogP contribution is 2.34. The number of amides is 1. The lowest BCUT2D eigenvalue weighted by molar-refractivity contribution is -0.120. The van der Waals surface area contributed by atoms with Crippen molar-refractivity contribution in [1.82, 2.24) is 0 Å². The van der Waals surface area contributed by atoms with E-state index >= 15 is 0 Å². The number of furan rings is 1. The van der Waals surface area contributed by atoms with Crippen LogP contribution in [0.15, 0.2) is 16.9 Å². The molecular formula is C11H14N2O2. The summed E-state index contributed by atoms with van der Waals surface area (Å²) in [6.07, 6.45) is 7.66. The molecule has 0 bridgehead atoms. The van der Waals surface area contributed by atoms with Gasteiger partial charge in [0.1, 0.15) is 18.2 Å². The fraction of sp³-hybridized carbons (Fsp3) is 0.545. The summed E-state index contributed by atoms with van der Waals surface area (Å²) in [6.45, 7) is 0. The van der Waals surface area contributed by atoms with Crippen LogP contribution < -0.4 is 10.6 Å². The van der Waals surface area contributed by atoms with Crippen molar-refractivity contribution < 1.29 is 9.21 Å². The van der Waals surface area contributed by atoms with Gasteiger partial charge in [-0.25, -0.2) is 0 Å². The van der Waals surface area contributed by atoms with Gasteiger partial charge in [0.05, 0.1) is 11.6 Å². The number of fused-ring (bicyclic) bond motifs is 2. The first kappa shape index (κ1) is 8.83. The molecule has 1 fully saturated rings. The molecule has 2 aliphatic rings. The van der Waals surface area contributed by atoms with E-state index in [1.165, 1.54) is 6.42 Å². The number of hydrogen-bond acceptors (Lipinski definition) is 3. The van der Waals surface area contributed by atoms with E-state index in [2.05, 4.69) is 10.6 Å². The Morgan fingerprint density at radius 2 is 2.00 bits per heavy atom. The Bertz CT molecular complexity index is 386. The summed E-state index contributed by atoms with van der Waals surface area (Å²) in [5, 5.41) is 6.30. The molecule has 2 unspecified atom stereocenters. The zero-order chi connectivity index (χ0) is 10.3. The molecule has 1 saturated carbocycles. The van der Waals surface area contributed by atoms with E-state index in [-0.39, 0.29) is 17.9 Å². The second-order valence-corrected chi connectivity index (χ2v) is 4.33. The lowest BCUT2D eigenvalue weighted by Gasteiger charge is -2.28. The van der Waals surface area contributed by atoms with Gasteiger partial charge in [0.15, 0.2) is 0 Å². The highest BCUT2D eigenvalue weighted by Gasteiger charge is 2.34. The first-order valence-corrected chi connectivity index (χ1v) is 5.48. The summed E-state index contributed by atoms with van der Waals surface area (Å²) in [4.78, 5) is 11.9. The maximum absolute atomic E-state index is 11.9. The number of carbonyl (C=O) groups excluding carboxylic acids is 1. The lowest BCUT2D eigenvalue weighted by atomic mass is 9.84. The summed E-state index contributed by atoms with van der Waals surface area (Å²) < 4.78 is 5.07. The lowest BCUT2D eigenvalue weighted by Crippen LogP contribution is -2.37. The smallest absolute Gasteiger partial charge is 0.229 e. The predicted octanol–water partition coefficient (Wildman–Crippen LogP) is 2.20. The second kappa shape index (κ2) is 3.29. The molecule has 2 heterocycles. The molecule has 3 rings (SSSR count). The normalized spacial score (nSPS) is 29.5. The Kier molecular flexibility index (Phi) is 1.94. The van der Waals surface area contributed by atoms with Gasteiger partial charge in [-0.1, -0.05) is 12.8 Å². The van der Waals surface area contributed by atoms with Crippen LogP contribution in [-0.2, 0) is 4.79 Å². The molecule has 80 valence electrons. The van der Waals surface area contributed by atoms with E-state index in [0.29, 0.717) is 0 Å². The highest BCUT2D eigenvalue weighted by atomic mass is 16.3. The van der Waals surface area contributed by atoms with E-state index in [1.807, 2.05) is 0 Å². The van der Waals surface area contributed by atoms with Gasteiger partial charge in [0, 0.05) is 6.04 Å². The number of hydrogen-bond donors (Lipinski definition) is 2. The molecule has 0 radical (unpaired) electrons. The van der Waals surface area contributed by atoms with Crippen LogP contribution in [0.2, 0.25) is 0 Å². The van der Waals surface area contributed by atoms with Crippen LogP contribution in [-0.4, -0.2) is 11.9 Å². The molecule has 1 aromatic heterocycles. The van der Waals surface area contributed by atoms with Crippen LogP contribution in [0.5, 0.6) is 0 Å². The summed E-state index contributed by atoms with van der Waals surface area (Å²) >= 11 is 0. The molecule has 0 spiro atoms. The quantitative estimate of drug-likeness (QED) is 0.684. The van der Waals surface area contributed by atoms with E-state index < -0.39 is 0 Å². The average molecular weight is 206 g/mol. The van der Waals surface area contributed by atoms with Gasteiger partial charge in [-0.2, -0.15) is 0 Å². The van der Waals surface area contributed by atoms with Crippen molar-refractivity contribution in [2.75, 3.05) is 10.6 Å². The first-order chi connectivity index (χ1) is 7.34. The summed E-state index contributed by atoms with van der Waals surface area (Å²) in [6, 6.07) is 0.276. The van der Waals surface area contributed by atoms with E-state index in [0.717, 1.165) is 30.6 Å². The minimum atomic E-state index is 0.117. The average Bonchev–Trinajstić information content (AvgIpc) is 2.61. The number of anilines is 2. The topological polar surface area (TPSA) is 54.3 Å². The van der Waals surface area contributed by atoms with Crippen LogP contribution in [0.4, 0.5) is 11.4 Å². The third-order valence-electron chi connectivity index (χ3n) is 3.36. The molecule has 1 aliphatic heterocycles. The molecule has 4 nitrogen and oxygen atoms in total. The largest absolute Gasteiger partial charge is 0.468 e. The Hall–Kier alpha value is -1.45. The zero-order valence-corrected chi connectivity index (χ0v) is 8.45. The Balaban J connectivity index is 1.94. The molecular weight excluding hydrogens is 192 g/mol. The fourth-order valence-electron chi connectivity index (χ4n) is 2.55. The molecule has 1 amide bonds. The van der Waals surface area contributed by atoms with Gasteiger partial charge < -0.3 is 15.1 Å². The molecule has 2 N–H and O–H groups in total. The van der Waals surface area contributed by atoms with Crippen molar-refractivity contribution in [1.29, 1.82) is 0 Å². The van der Waals surface area contributed by atoms with Crippen molar-refractivity contribution >= 4 is 17.3 Å². The Morgan fingerprint density at radius 1 is 1.20 bits per heavy atom. The van der Waals surface area contributed by atoms with Crippen molar-refractivity contribution in [2.45, 2.75) is 31.7 Å². The van der Waals surface area contributed by atoms with Gasteiger partial charge in [0.25, 0.3) is 0 Å². The van der Waals surface area contributed by atoms with Crippen LogP contribution in [0.25, 0.3) is 0 Å². The van der Waals surface area contributed by atoms with Gasteiger partial charge in [0.2, 0.25) is 5.91 Å². The molecule has 4 heteroatoms. The number of carbonyl (C=O) groups is 1. The van der Waals surface area contributed by atoms with Crippen molar-refractivity contribution in [2.24, 2.45) is 5.92 Å². The minimum absolute atomic E-state index is 0.117. The summed E-state index contributed by atoms with van der Waals surface area (Å²) in [7, 11) is 0. The SMILES string of the molecule is O=C1Nc2cocc2NC2CCCCC12. The van der Waals surface area contributed by atoms with Crippen LogP contribution in [0, 0.1) is 5.92 Å². The molecule has 1 aliphatic carbocycles. The number of rotatable bonds is 0. The predicted molar refractivity (Wildman–Crippen MR) is 56.7 cm³/mol. The van der Waals surface area contributed by atoms with Crippen molar-refractivity contribution in [3.8, 4) is 0 Å². The maximum atomic E-state index is 11.9. The van der Waals surface area contributed by atoms with Gasteiger partial charge in [-0.3, -0.25) is 4.79 Å². The van der Waals surface area contributed by atoms with Gasteiger partial charge >= 0.3 is 0 Å². The van der Waals surface area contributed by atoms with Crippen molar-refractivity contribution in [3.63, 3.8) is 0 Å². The summed E-state index contributed by atoms with van der Waals surface area (Å²) in [5.41, 5.74) is 1.69. The van der Waals surface area contributed by atoms with Crippen LogP contribution >= 0.6 is 0 Å². The molecule has 1 aromatic rings. The molecule has 0 aromatic carbocycles. The Labute approximate surface area is 88.0 Å². The first-order valence-electron chi connectivity index (χ1n) is 5.48. The van der Waals surface area contributed by atoms with Crippen LogP contribution in [0.1, 0.15) is 25.7 Å². The third kappa shape index (κ3) is 1.40. The van der Waals surface area contributed by atoms with Crippen molar-refractivity contribution in [3.05, 3.63) is 12.5 Å². The maximum Gasteiger partial charge on any atom is 0.229 e. The van der Waals surface area contributed by atoms with E-state index in [9.17, 15) is 4.79 Å². The highest BCUT2D eigenvalue weighted by molar-refractivity contribution is 5.97. The zero-order valence-electron chi connectivity index (χ0n) is 8.45. The van der Waals surface area contributed by atoms with Gasteiger partial charge in [-0.15, -0.1) is 0 Å². The molecule has 2 atom stereocenters. The fourth-order valence-corrected chi connectivity index (χ4v) is 2.55. The third-order valence-corrected chi connectivity index (χ3v) is 3.36. The van der Waals surface area contributed by atoms with Gasteiger partial charge in [-0.05, 0) is 12.8 Å². The Morgan fingerprint density at radius 3 is 2.93 bits per heavy atom. The molecule has 15 heavy (non-hydrogen) atoms. The van der Waals surface area contributed by atoms with Crippen LogP contribution in [0.3, 0.4) is 0 Å². The second-order valence-electron chi connectivity index (χ2n) is 4.33. The molecule has 0 saturated heterocycles. The summed E-state index contributed by atoms with van der Waals surface area (Å²) in [5.74, 6) is 0.249. The minimum Gasteiger partial charge on any atom is -0.468 e. The number of nitrogens with one attached hydrogen (secondary N) is 2. The van der Waals surface area contributed by atoms with E-state index in [1.54, 1.807) is 12.5 Å². The van der Waals surface area contributed by atoms with E-state index in [4.69, 9.17) is 4.42 Å². The monoisotopic (exact) mass is 206 g/mol. The standard InChI is InChI=1S/C11H14N2O2/c14-11-7-3-1-2-4-8(7)12-9-5-15-6-10(9)13-11/h5-8,12H,1-4H2,(H,13,14).